The number of carbonyl (C=O) groups is 2. The maximum atomic E-state index is 10.8. The second-order valence-corrected chi connectivity index (χ2v) is 3.04. The van der Waals surface area contributed by atoms with E-state index in [1.54, 1.807) is 0 Å². The molecule has 4 N–H and O–H groups in total. The van der Waals surface area contributed by atoms with Gasteiger partial charge >= 0.3 is 11.9 Å². The summed E-state index contributed by atoms with van der Waals surface area (Å²) in [7, 11) is 0. The van der Waals surface area contributed by atoms with Crippen molar-refractivity contribution < 1.29 is 30.0 Å². The van der Waals surface area contributed by atoms with Crippen LogP contribution in [0.5, 0.6) is 0 Å². The molecule has 82 valence electrons. The van der Waals surface area contributed by atoms with E-state index in [1.165, 1.54) is 13.8 Å². The molecule has 0 radical (unpaired) electrons. The minimum absolute atomic E-state index is 0.376. The Morgan fingerprint density at radius 2 is 1.36 bits per heavy atom. The highest BCUT2D eigenvalue weighted by Crippen LogP contribution is 2.36. The standard InChI is InChI=1S/C8H14O6/c1-3-7(5(9)10,6(11)12)8(13,14)4-2/h13-14H,3-4H2,1-2H3,(H,9,10)(H,11,12). The molecule has 0 atom stereocenters. The van der Waals surface area contributed by atoms with Crippen molar-refractivity contribution in [2.75, 3.05) is 0 Å². The maximum Gasteiger partial charge on any atom is 0.326 e. The predicted octanol–water partition coefficient (Wildman–Crippen LogP) is -0.357. The third-order valence-electron chi connectivity index (χ3n) is 2.44. The van der Waals surface area contributed by atoms with Crippen molar-refractivity contribution in [1.82, 2.24) is 0 Å². The van der Waals surface area contributed by atoms with Crippen LogP contribution in [0.25, 0.3) is 0 Å². The van der Waals surface area contributed by atoms with Crippen molar-refractivity contribution in [2.24, 2.45) is 5.41 Å². The molecule has 0 spiro atoms. The first-order valence-electron chi connectivity index (χ1n) is 4.17. The summed E-state index contributed by atoms with van der Waals surface area (Å²) >= 11 is 0. The Morgan fingerprint density at radius 3 is 1.43 bits per heavy atom. The first kappa shape index (κ1) is 12.9. The van der Waals surface area contributed by atoms with Crippen molar-refractivity contribution in [1.29, 1.82) is 0 Å². The van der Waals surface area contributed by atoms with Crippen LogP contribution in [0, 0.1) is 5.41 Å². The van der Waals surface area contributed by atoms with Gasteiger partial charge in [-0.15, -0.1) is 0 Å². The lowest BCUT2D eigenvalue weighted by Gasteiger charge is -2.35. The zero-order valence-electron chi connectivity index (χ0n) is 8.02. The Morgan fingerprint density at radius 1 is 1.00 bits per heavy atom. The Labute approximate surface area is 80.8 Å². The third kappa shape index (κ3) is 1.58. The summed E-state index contributed by atoms with van der Waals surface area (Å²) in [5.41, 5.74) is -2.57. The molecule has 14 heavy (non-hydrogen) atoms. The summed E-state index contributed by atoms with van der Waals surface area (Å²) in [6.45, 7) is 2.58. The zero-order chi connectivity index (χ0) is 11.6. The van der Waals surface area contributed by atoms with E-state index < -0.39 is 29.6 Å². The van der Waals surface area contributed by atoms with E-state index >= 15 is 0 Å². The minimum Gasteiger partial charge on any atom is -0.480 e. The van der Waals surface area contributed by atoms with Crippen LogP contribution in [0.1, 0.15) is 26.7 Å². The third-order valence-corrected chi connectivity index (χ3v) is 2.44. The summed E-state index contributed by atoms with van der Waals surface area (Å²) in [4.78, 5) is 21.6. The normalized spacial score (nSPS) is 12.6. The van der Waals surface area contributed by atoms with Crippen LogP contribution >= 0.6 is 0 Å². The average Bonchev–Trinajstić information content (AvgIpc) is 2.04. The second-order valence-electron chi connectivity index (χ2n) is 3.04. The van der Waals surface area contributed by atoms with Crippen LogP contribution in [0.3, 0.4) is 0 Å². The fraction of sp³-hybridized carbons (Fsp3) is 0.750. The van der Waals surface area contributed by atoms with Crippen LogP contribution in [0.15, 0.2) is 0 Å². The number of hydrogen-bond acceptors (Lipinski definition) is 4. The number of aliphatic hydroxyl groups is 2. The fourth-order valence-electron chi connectivity index (χ4n) is 1.32. The van der Waals surface area contributed by atoms with Gasteiger partial charge in [0.25, 0.3) is 0 Å². The van der Waals surface area contributed by atoms with Crippen LogP contribution in [0.2, 0.25) is 0 Å². The monoisotopic (exact) mass is 206 g/mol. The van der Waals surface area contributed by atoms with Gasteiger partial charge in [-0.3, -0.25) is 9.59 Å². The van der Waals surface area contributed by atoms with E-state index in [0.29, 0.717) is 0 Å². The van der Waals surface area contributed by atoms with Gasteiger partial charge < -0.3 is 20.4 Å². The zero-order valence-corrected chi connectivity index (χ0v) is 8.02. The summed E-state index contributed by atoms with van der Waals surface area (Å²) in [5.74, 6) is -6.25. The molecule has 0 aromatic rings. The van der Waals surface area contributed by atoms with Gasteiger partial charge in [0.2, 0.25) is 5.41 Å². The van der Waals surface area contributed by atoms with Crippen LogP contribution < -0.4 is 0 Å². The molecule has 0 rings (SSSR count). The quantitative estimate of drug-likeness (QED) is 0.361. The van der Waals surface area contributed by atoms with Gasteiger partial charge in [0, 0.05) is 0 Å². The topological polar surface area (TPSA) is 115 Å². The summed E-state index contributed by atoms with van der Waals surface area (Å²) < 4.78 is 0. The van der Waals surface area contributed by atoms with Gasteiger partial charge in [0.15, 0.2) is 5.79 Å². The van der Waals surface area contributed by atoms with E-state index in [9.17, 15) is 19.8 Å². The van der Waals surface area contributed by atoms with E-state index in [0.717, 1.165) is 0 Å². The van der Waals surface area contributed by atoms with Crippen LogP contribution in [-0.4, -0.2) is 38.2 Å². The summed E-state index contributed by atoms with van der Waals surface area (Å²) in [6, 6.07) is 0. The van der Waals surface area contributed by atoms with Crippen molar-refractivity contribution in [3.63, 3.8) is 0 Å². The molecule has 0 heterocycles. The lowest BCUT2D eigenvalue weighted by Crippen LogP contribution is -2.57. The molecule has 0 fully saturated rings. The van der Waals surface area contributed by atoms with Crippen LogP contribution in [0.4, 0.5) is 0 Å². The fourth-order valence-corrected chi connectivity index (χ4v) is 1.32. The Kier molecular flexibility index (Phi) is 3.61. The smallest absolute Gasteiger partial charge is 0.326 e. The molecule has 0 unspecified atom stereocenters. The largest absolute Gasteiger partial charge is 0.480 e. The molecule has 0 aromatic heterocycles. The molecule has 0 saturated carbocycles. The number of carboxylic acids is 2. The minimum atomic E-state index is -2.75. The molecule has 0 aliphatic rings. The predicted molar refractivity (Wildman–Crippen MR) is 45.5 cm³/mol. The lowest BCUT2D eigenvalue weighted by molar-refractivity contribution is -0.250. The van der Waals surface area contributed by atoms with E-state index in [4.69, 9.17) is 10.2 Å². The highest BCUT2D eigenvalue weighted by atomic mass is 16.5. The highest BCUT2D eigenvalue weighted by molar-refractivity contribution is 5.99. The molecule has 0 bridgehead atoms. The van der Waals surface area contributed by atoms with Crippen molar-refractivity contribution in [3.05, 3.63) is 0 Å². The van der Waals surface area contributed by atoms with Gasteiger partial charge in [-0.05, 0) is 12.8 Å². The molecule has 0 aliphatic heterocycles. The van der Waals surface area contributed by atoms with Gasteiger partial charge in [0.1, 0.15) is 0 Å². The van der Waals surface area contributed by atoms with Crippen molar-refractivity contribution >= 4 is 11.9 Å². The Hall–Kier alpha value is -1.14. The summed E-state index contributed by atoms with van der Waals surface area (Å²) in [6.07, 6.45) is -0.780. The van der Waals surface area contributed by atoms with Gasteiger partial charge in [-0.25, -0.2) is 0 Å². The van der Waals surface area contributed by atoms with E-state index in [1.807, 2.05) is 0 Å². The molecule has 0 aliphatic carbocycles. The SMILES string of the molecule is CCC(O)(O)C(CC)(C(=O)O)C(=O)O. The van der Waals surface area contributed by atoms with E-state index in [-0.39, 0.29) is 6.42 Å². The molecule has 6 nitrogen and oxygen atoms in total. The van der Waals surface area contributed by atoms with Gasteiger partial charge in [0.05, 0.1) is 0 Å². The number of rotatable bonds is 5. The summed E-state index contributed by atoms with van der Waals surface area (Å²) in [5, 5.41) is 36.3. The van der Waals surface area contributed by atoms with Gasteiger partial charge in [-0.1, -0.05) is 13.8 Å². The number of hydrogen-bond donors (Lipinski definition) is 4. The first-order valence-corrected chi connectivity index (χ1v) is 4.17. The molecule has 0 aromatic carbocycles. The van der Waals surface area contributed by atoms with Crippen molar-refractivity contribution in [3.8, 4) is 0 Å². The first-order chi connectivity index (χ1) is 6.26. The van der Waals surface area contributed by atoms with Crippen molar-refractivity contribution in [2.45, 2.75) is 32.5 Å². The molecular formula is C8H14O6. The number of carboxylic acid groups (broad SMARTS) is 2. The van der Waals surface area contributed by atoms with Gasteiger partial charge in [-0.2, -0.15) is 0 Å². The average molecular weight is 206 g/mol. The molecule has 0 amide bonds. The molecular weight excluding hydrogens is 192 g/mol. The molecule has 6 heteroatoms. The highest BCUT2D eigenvalue weighted by Gasteiger charge is 2.59. The lowest BCUT2D eigenvalue weighted by atomic mass is 9.75. The second kappa shape index (κ2) is 3.93. The maximum absolute atomic E-state index is 10.8. The van der Waals surface area contributed by atoms with E-state index in [2.05, 4.69) is 0 Å². The van der Waals surface area contributed by atoms with Crippen LogP contribution in [-0.2, 0) is 9.59 Å². The Balaban J connectivity index is 5.48. The number of aliphatic carboxylic acids is 2. The Bertz CT molecular complexity index is 230. The molecule has 0 saturated heterocycles.